The molecular weight excluding hydrogens is 358 g/mol. The first-order chi connectivity index (χ1) is 12.9. The second-order valence-corrected chi connectivity index (χ2v) is 8.50. The number of amides is 1. The van der Waals surface area contributed by atoms with Crippen molar-refractivity contribution in [2.75, 3.05) is 7.11 Å². The minimum atomic E-state index is -0.804. The van der Waals surface area contributed by atoms with E-state index >= 15 is 0 Å². The zero-order valence-electron chi connectivity index (χ0n) is 18.6. The maximum absolute atomic E-state index is 12.5. The van der Waals surface area contributed by atoms with Gasteiger partial charge in [0.1, 0.15) is 23.5 Å². The van der Waals surface area contributed by atoms with Crippen molar-refractivity contribution in [3.05, 3.63) is 29.3 Å². The molecule has 1 aromatic rings. The first-order valence-electron chi connectivity index (χ1n) is 9.70. The van der Waals surface area contributed by atoms with Gasteiger partial charge in [-0.25, -0.2) is 9.59 Å². The second-order valence-electron chi connectivity index (χ2n) is 8.50. The van der Waals surface area contributed by atoms with Gasteiger partial charge in [0.25, 0.3) is 0 Å². The summed E-state index contributed by atoms with van der Waals surface area (Å²) in [5.74, 6) is 0.575. The molecule has 1 amide bonds. The van der Waals surface area contributed by atoms with Gasteiger partial charge >= 0.3 is 12.1 Å². The molecule has 1 aromatic carbocycles. The molecule has 0 unspecified atom stereocenters. The minimum absolute atomic E-state index is 0.0172. The molecule has 0 saturated carbocycles. The van der Waals surface area contributed by atoms with Gasteiger partial charge in [0.15, 0.2) is 0 Å². The largest absolute Gasteiger partial charge is 0.497 e. The highest BCUT2D eigenvalue weighted by Gasteiger charge is 2.29. The van der Waals surface area contributed by atoms with Crippen molar-refractivity contribution >= 4 is 12.1 Å². The van der Waals surface area contributed by atoms with Gasteiger partial charge in [-0.05, 0) is 70.7 Å². The molecule has 0 aromatic heterocycles. The fraction of sp³-hybridized carbons (Fsp3) is 0.636. The lowest BCUT2D eigenvalue weighted by Gasteiger charge is -2.30. The third kappa shape index (κ3) is 7.06. The van der Waals surface area contributed by atoms with Crippen molar-refractivity contribution < 1.29 is 23.8 Å². The molecule has 158 valence electrons. The number of carbonyl (C=O) groups is 2. The first-order valence-corrected chi connectivity index (χ1v) is 9.70. The maximum atomic E-state index is 12.5. The summed E-state index contributed by atoms with van der Waals surface area (Å²) in [5, 5.41) is 2.52. The SMILES string of the molecule is COc1ccc([C@H](C(C)C)[C@H](C)OC(=O)[C@H](C)NC(=O)OC(C)(C)C)c(C)c1. The zero-order chi connectivity index (χ0) is 21.6. The van der Waals surface area contributed by atoms with Crippen molar-refractivity contribution in [3.63, 3.8) is 0 Å². The molecule has 0 spiro atoms. The Bertz CT molecular complexity index is 678. The summed E-state index contributed by atoms with van der Waals surface area (Å²) in [7, 11) is 1.64. The quantitative estimate of drug-likeness (QED) is 0.686. The molecule has 6 nitrogen and oxygen atoms in total. The Morgan fingerprint density at radius 3 is 2.14 bits per heavy atom. The molecule has 0 radical (unpaired) electrons. The van der Waals surface area contributed by atoms with Gasteiger partial charge in [-0.3, -0.25) is 0 Å². The van der Waals surface area contributed by atoms with Crippen molar-refractivity contribution in [3.8, 4) is 5.75 Å². The topological polar surface area (TPSA) is 73.9 Å². The maximum Gasteiger partial charge on any atom is 0.408 e. The molecular formula is C22H35NO5. The van der Waals surface area contributed by atoms with E-state index in [1.165, 1.54) is 0 Å². The van der Waals surface area contributed by atoms with Crippen LogP contribution in [0, 0.1) is 12.8 Å². The van der Waals surface area contributed by atoms with Crippen LogP contribution in [0.25, 0.3) is 0 Å². The number of rotatable bonds is 7. The Morgan fingerprint density at radius 1 is 1.07 bits per heavy atom. The first kappa shape index (κ1) is 23.8. The number of ether oxygens (including phenoxy) is 3. The van der Waals surface area contributed by atoms with E-state index in [0.717, 1.165) is 16.9 Å². The smallest absolute Gasteiger partial charge is 0.408 e. The van der Waals surface area contributed by atoms with E-state index in [9.17, 15) is 9.59 Å². The van der Waals surface area contributed by atoms with Crippen molar-refractivity contribution in [1.82, 2.24) is 5.32 Å². The monoisotopic (exact) mass is 393 g/mol. The van der Waals surface area contributed by atoms with Gasteiger partial charge in [-0.1, -0.05) is 19.9 Å². The lowest BCUT2D eigenvalue weighted by molar-refractivity contribution is -0.152. The molecule has 28 heavy (non-hydrogen) atoms. The Morgan fingerprint density at radius 2 is 1.68 bits per heavy atom. The van der Waals surface area contributed by atoms with E-state index in [1.54, 1.807) is 34.8 Å². The third-order valence-electron chi connectivity index (χ3n) is 4.45. The van der Waals surface area contributed by atoms with Crippen LogP contribution in [0.1, 0.15) is 65.5 Å². The van der Waals surface area contributed by atoms with Crippen LogP contribution in [-0.4, -0.2) is 36.9 Å². The number of nitrogens with one attached hydrogen (secondary N) is 1. The number of alkyl carbamates (subject to hydrolysis) is 1. The number of methoxy groups -OCH3 is 1. The predicted molar refractivity (Wildman–Crippen MR) is 110 cm³/mol. The van der Waals surface area contributed by atoms with Crippen LogP contribution in [-0.2, 0) is 14.3 Å². The molecule has 0 aliphatic heterocycles. The number of hydrogen-bond acceptors (Lipinski definition) is 5. The van der Waals surface area contributed by atoms with E-state index in [4.69, 9.17) is 14.2 Å². The highest BCUT2D eigenvalue weighted by atomic mass is 16.6. The van der Waals surface area contributed by atoms with Gasteiger partial charge in [0, 0.05) is 5.92 Å². The third-order valence-corrected chi connectivity index (χ3v) is 4.45. The molecule has 0 aliphatic rings. The summed E-state index contributed by atoms with van der Waals surface area (Å²) in [6, 6.07) is 5.11. The summed E-state index contributed by atoms with van der Waals surface area (Å²) in [5.41, 5.74) is 1.57. The number of aryl methyl sites for hydroxylation is 1. The Kier molecular flexibility index (Phi) is 8.33. The van der Waals surface area contributed by atoms with Crippen LogP contribution in [0.2, 0.25) is 0 Å². The standard InChI is InChI=1S/C22H35NO5/c1-13(2)19(18-11-10-17(26-9)12-14(18)3)16(5)27-20(24)15(4)23-21(25)28-22(6,7)8/h10-13,15-16,19H,1-9H3,(H,23,25)/t15-,16-,19+/m0/s1. The average Bonchev–Trinajstić information content (AvgIpc) is 2.54. The highest BCUT2D eigenvalue weighted by molar-refractivity contribution is 5.81. The molecule has 1 rings (SSSR count). The van der Waals surface area contributed by atoms with E-state index in [0.29, 0.717) is 0 Å². The van der Waals surface area contributed by atoms with Gasteiger partial charge in [0.2, 0.25) is 0 Å². The van der Waals surface area contributed by atoms with Crippen LogP contribution >= 0.6 is 0 Å². The molecule has 0 saturated heterocycles. The van der Waals surface area contributed by atoms with Gasteiger partial charge in [0.05, 0.1) is 7.11 Å². The summed E-state index contributed by atoms with van der Waals surface area (Å²) >= 11 is 0. The van der Waals surface area contributed by atoms with E-state index in [2.05, 4.69) is 19.2 Å². The van der Waals surface area contributed by atoms with E-state index in [1.807, 2.05) is 32.0 Å². The lowest BCUT2D eigenvalue weighted by Crippen LogP contribution is -2.43. The van der Waals surface area contributed by atoms with E-state index < -0.39 is 23.7 Å². The van der Waals surface area contributed by atoms with Gasteiger partial charge < -0.3 is 19.5 Å². The van der Waals surface area contributed by atoms with Crippen LogP contribution in [0.5, 0.6) is 5.75 Å². The Labute approximate surface area is 168 Å². The molecule has 6 heteroatoms. The summed E-state index contributed by atoms with van der Waals surface area (Å²) in [6.07, 6.45) is -1.00. The van der Waals surface area contributed by atoms with Gasteiger partial charge in [-0.15, -0.1) is 0 Å². The summed E-state index contributed by atoms with van der Waals surface area (Å²) in [6.45, 7) is 15.0. The van der Waals surface area contributed by atoms with Crippen molar-refractivity contribution in [2.45, 2.75) is 79.1 Å². The molecule has 0 bridgehead atoms. The highest BCUT2D eigenvalue weighted by Crippen LogP contribution is 2.33. The van der Waals surface area contributed by atoms with E-state index in [-0.39, 0.29) is 17.9 Å². The zero-order valence-corrected chi connectivity index (χ0v) is 18.6. The van der Waals surface area contributed by atoms with Crippen molar-refractivity contribution in [1.29, 1.82) is 0 Å². The average molecular weight is 394 g/mol. The molecule has 3 atom stereocenters. The molecule has 0 heterocycles. The Balaban J connectivity index is 2.85. The number of esters is 1. The predicted octanol–water partition coefficient (Wildman–Crippen LogP) is 4.59. The molecule has 1 N–H and O–H groups in total. The number of benzene rings is 1. The van der Waals surface area contributed by atoms with Crippen LogP contribution in [0.3, 0.4) is 0 Å². The summed E-state index contributed by atoms with van der Waals surface area (Å²) in [4.78, 5) is 24.4. The second kappa shape index (κ2) is 9.80. The normalized spacial score (nSPS) is 14.8. The Hall–Kier alpha value is -2.24. The lowest BCUT2D eigenvalue weighted by atomic mass is 9.82. The molecule has 0 aliphatic carbocycles. The van der Waals surface area contributed by atoms with Crippen LogP contribution < -0.4 is 10.1 Å². The fourth-order valence-corrected chi connectivity index (χ4v) is 3.21. The number of carbonyl (C=O) groups excluding carboxylic acids is 2. The minimum Gasteiger partial charge on any atom is -0.497 e. The van der Waals surface area contributed by atoms with Crippen LogP contribution in [0.15, 0.2) is 18.2 Å². The molecule has 0 fully saturated rings. The fourth-order valence-electron chi connectivity index (χ4n) is 3.21. The van der Waals surface area contributed by atoms with Crippen LogP contribution in [0.4, 0.5) is 4.79 Å². The number of hydrogen-bond donors (Lipinski definition) is 1. The van der Waals surface area contributed by atoms with Gasteiger partial charge in [-0.2, -0.15) is 0 Å². The van der Waals surface area contributed by atoms with Crippen molar-refractivity contribution in [2.24, 2.45) is 5.92 Å². The summed E-state index contributed by atoms with van der Waals surface area (Å²) < 4.78 is 16.2.